The Morgan fingerprint density at radius 1 is 1.22 bits per heavy atom. The average molecular weight is 275 g/mol. The fourth-order valence-electron chi connectivity index (χ4n) is 2.35. The van der Waals surface area contributed by atoms with Gasteiger partial charge < -0.3 is 10.2 Å². The van der Waals surface area contributed by atoms with Crippen LogP contribution in [0.5, 0.6) is 0 Å². The summed E-state index contributed by atoms with van der Waals surface area (Å²) in [5, 5.41) is 3.63. The minimum Gasteiger partial charge on any atom is -0.314 e. The quantitative estimate of drug-likeness (QED) is 0.693. The molecule has 0 amide bonds. The molecule has 18 heavy (non-hydrogen) atoms. The van der Waals surface area contributed by atoms with Gasteiger partial charge in [-0.25, -0.2) is 0 Å². The van der Waals surface area contributed by atoms with E-state index >= 15 is 0 Å². The summed E-state index contributed by atoms with van der Waals surface area (Å²) in [5.74, 6) is 1.24. The molecule has 0 saturated heterocycles. The molecule has 1 N–H and O–H groups in total. The van der Waals surface area contributed by atoms with Crippen molar-refractivity contribution in [3.05, 3.63) is 0 Å². The van der Waals surface area contributed by atoms with Gasteiger partial charge in [-0.1, -0.05) is 34.6 Å². The molecule has 0 bridgehead atoms. The lowest BCUT2D eigenvalue weighted by atomic mass is 9.84. The number of hydrogen-bond acceptors (Lipinski definition) is 3. The first-order valence-corrected chi connectivity index (χ1v) is 8.68. The number of nitrogens with zero attached hydrogens (tertiary/aromatic N) is 1. The first kappa shape index (κ1) is 18.3. The highest BCUT2D eigenvalue weighted by molar-refractivity contribution is 7.98. The van der Waals surface area contributed by atoms with Crippen LogP contribution in [-0.4, -0.2) is 49.1 Å². The summed E-state index contributed by atoms with van der Waals surface area (Å²) in [4.78, 5) is 2.53. The van der Waals surface area contributed by atoms with Gasteiger partial charge in [0, 0.05) is 17.8 Å². The summed E-state index contributed by atoms with van der Waals surface area (Å²) in [7, 11) is 2.27. The topological polar surface area (TPSA) is 15.3 Å². The van der Waals surface area contributed by atoms with Crippen LogP contribution in [0, 0.1) is 5.41 Å². The van der Waals surface area contributed by atoms with Crippen molar-refractivity contribution < 1.29 is 0 Å². The van der Waals surface area contributed by atoms with E-state index in [0.29, 0.717) is 11.5 Å². The van der Waals surface area contributed by atoms with Gasteiger partial charge >= 0.3 is 0 Å². The Hall–Kier alpha value is 0.270. The molecule has 0 aromatic heterocycles. The van der Waals surface area contributed by atoms with Gasteiger partial charge in [-0.3, -0.25) is 0 Å². The molecule has 0 radical (unpaired) electrons. The van der Waals surface area contributed by atoms with E-state index in [0.717, 1.165) is 12.6 Å². The second-order valence-electron chi connectivity index (χ2n) is 6.26. The van der Waals surface area contributed by atoms with Gasteiger partial charge in [0.05, 0.1) is 0 Å². The summed E-state index contributed by atoms with van der Waals surface area (Å²) in [6.45, 7) is 13.7. The lowest BCUT2D eigenvalue weighted by Gasteiger charge is -2.34. The monoisotopic (exact) mass is 274 g/mol. The van der Waals surface area contributed by atoms with E-state index in [1.165, 1.54) is 25.1 Å². The molecular formula is C15H34N2S. The fraction of sp³-hybridized carbons (Fsp3) is 1.00. The summed E-state index contributed by atoms with van der Waals surface area (Å²) in [6.07, 6.45) is 4.69. The Labute approximate surface area is 119 Å². The predicted octanol–water partition coefficient (Wildman–Crippen LogP) is 3.47. The predicted molar refractivity (Wildman–Crippen MR) is 86.6 cm³/mol. The van der Waals surface area contributed by atoms with Crippen LogP contribution in [0.3, 0.4) is 0 Å². The smallest absolute Gasteiger partial charge is 0.0180 e. The Balaban J connectivity index is 4.25. The largest absolute Gasteiger partial charge is 0.314 e. The maximum Gasteiger partial charge on any atom is 0.0180 e. The van der Waals surface area contributed by atoms with Crippen molar-refractivity contribution in [3.8, 4) is 0 Å². The van der Waals surface area contributed by atoms with Crippen molar-refractivity contribution >= 4 is 11.8 Å². The van der Waals surface area contributed by atoms with E-state index in [-0.39, 0.29) is 0 Å². The molecule has 2 unspecified atom stereocenters. The van der Waals surface area contributed by atoms with Crippen molar-refractivity contribution in [2.75, 3.05) is 32.1 Å². The first-order chi connectivity index (χ1) is 8.36. The highest BCUT2D eigenvalue weighted by atomic mass is 32.2. The molecule has 0 heterocycles. The van der Waals surface area contributed by atoms with E-state index in [2.05, 4.69) is 58.1 Å². The lowest BCUT2D eigenvalue weighted by Crippen LogP contribution is -2.44. The molecule has 0 fully saturated rings. The minimum absolute atomic E-state index is 0.345. The van der Waals surface area contributed by atoms with E-state index < -0.39 is 0 Å². The van der Waals surface area contributed by atoms with Crippen LogP contribution in [0.4, 0.5) is 0 Å². The van der Waals surface area contributed by atoms with E-state index in [4.69, 9.17) is 0 Å². The van der Waals surface area contributed by atoms with Crippen molar-refractivity contribution in [1.82, 2.24) is 10.2 Å². The van der Waals surface area contributed by atoms with E-state index in [1.54, 1.807) is 0 Å². The van der Waals surface area contributed by atoms with Crippen LogP contribution in [0.15, 0.2) is 0 Å². The van der Waals surface area contributed by atoms with Crippen LogP contribution in [-0.2, 0) is 0 Å². The normalized spacial score (nSPS) is 16.0. The third kappa shape index (κ3) is 7.01. The first-order valence-electron chi connectivity index (χ1n) is 7.29. The SMILES string of the molecule is CCNC(CCN(C)C(CC)CSC)C(C)(C)C. The van der Waals surface area contributed by atoms with Gasteiger partial charge in [0.25, 0.3) is 0 Å². The molecule has 2 atom stereocenters. The van der Waals surface area contributed by atoms with Crippen LogP contribution in [0.2, 0.25) is 0 Å². The third-order valence-electron chi connectivity index (χ3n) is 3.72. The van der Waals surface area contributed by atoms with Crippen LogP contribution in [0.25, 0.3) is 0 Å². The van der Waals surface area contributed by atoms with Gasteiger partial charge in [-0.05, 0) is 44.6 Å². The molecule has 0 aliphatic rings. The molecule has 0 aliphatic heterocycles. The zero-order valence-corrected chi connectivity index (χ0v) is 14.4. The zero-order chi connectivity index (χ0) is 14.2. The number of thioether (sulfide) groups is 1. The van der Waals surface area contributed by atoms with Gasteiger partial charge in [-0.15, -0.1) is 0 Å². The maximum absolute atomic E-state index is 3.63. The fourth-order valence-corrected chi connectivity index (χ4v) is 3.23. The Kier molecular flexibility index (Phi) is 9.36. The molecule has 0 aliphatic carbocycles. The molecule has 0 aromatic carbocycles. The Morgan fingerprint density at radius 3 is 2.22 bits per heavy atom. The summed E-state index contributed by atoms with van der Waals surface area (Å²) in [6, 6.07) is 1.33. The van der Waals surface area contributed by atoms with Gasteiger partial charge in [-0.2, -0.15) is 11.8 Å². The standard InChI is InChI=1S/C15H34N2S/c1-8-13(12-18-7)17(6)11-10-14(16-9-2)15(3,4)5/h13-14,16H,8-12H2,1-7H3. The second kappa shape index (κ2) is 9.22. The summed E-state index contributed by atoms with van der Waals surface area (Å²) < 4.78 is 0. The molecule has 0 spiro atoms. The molecular weight excluding hydrogens is 240 g/mol. The van der Waals surface area contributed by atoms with Gasteiger partial charge in [0.15, 0.2) is 0 Å². The lowest BCUT2D eigenvalue weighted by molar-refractivity contribution is 0.198. The summed E-state index contributed by atoms with van der Waals surface area (Å²) in [5.41, 5.74) is 0.345. The highest BCUT2D eigenvalue weighted by Crippen LogP contribution is 2.22. The summed E-state index contributed by atoms with van der Waals surface area (Å²) >= 11 is 1.96. The second-order valence-corrected chi connectivity index (χ2v) is 7.17. The average Bonchev–Trinajstić information content (AvgIpc) is 2.29. The van der Waals surface area contributed by atoms with Crippen LogP contribution in [0.1, 0.15) is 47.5 Å². The maximum atomic E-state index is 3.63. The number of rotatable bonds is 9. The molecule has 3 heteroatoms. The van der Waals surface area contributed by atoms with Crippen molar-refractivity contribution in [1.29, 1.82) is 0 Å². The minimum atomic E-state index is 0.345. The molecule has 2 nitrogen and oxygen atoms in total. The molecule has 0 aromatic rings. The Morgan fingerprint density at radius 2 is 1.83 bits per heavy atom. The van der Waals surface area contributed by atoms with Crippen molar-refractivity contribution in [2.24, 2.45) is 5.41 Å². The number of hydrogen-bond donors (Lipinski definition) is 1. The van der Waals surface area contributed by atoms with Crippen molar-refractivity contribution in [3.63, 3.8) is 0 Å². The van der Waals surface area contributed by atoms with Crippen LogP contribution >= 0.6 is 11.8 Å². The zero-order valence-electron chi connectivity index (χ0n) is 13.5. The number of nitrogens with one attached hydrogen (secondary N) is 1. The van der Waals surface area contributed by atoms with Crippen LogP contribution < -0.4 is 5.32 Å². The highest BCUT2D eigenvalue weighted by Gasteiger charge is 2.24. The van der Waals surface area contributed by atoms with Gasteiger partial charge in [0.2, 0.25) is 0 Å². The van der Waals surface area contributed by atoms with Gasteiger partial charge in [0.1, 0.15) is 0 Å². The molecule has 110 valence electrons. The van der Waals surface area contributed by atoms with Crippen molar-refractivity contribution in [2.45, 2.75) is 59.5 Å². The van der Waals surface area contributed by atoms with E-state index in [9.17, 15) is 0 Å². The molecule has 0 rings (SSSR count). The molecule has 0 saturated carbocycles. The third-order valence-corrected chi connectivity index (χ3v) is 4.44. The van der Waals surface area contributed by atoms with E-state index in [1.807, 2.05) is 11.8 Å². The Bertz CT molecular complexity index is 201.